The molecule has 0 amide bonds. The molecule has 0 saturated heterocycles. The summed E-state index contributed by atoms with van der Waals surface area (Å²) in [7, 11) is 0. The molecule has 16 heavy (non-hydrogen) atoms. The van der Waals surface area contributed by atoms with Gasteiger partial charge in [0, 0.05) is 5.39 Å². The van der Waals surface area contributed by atoms with Crippen LogP contribution in [0.15, 0.2) is 12.1 Å². The summed E-state index contributed by atoms with van der Waals surface area (Å²) in [6, 6.07) is 3.95. The second-order valence-corrected chi connectivity index (χ2v) is 4.49. The number of hydrogen-bond acceptors (Lipinski definition) is 2. The van der Waals surface area contributed by atoms with Gasteiger partial charge >= 0.3 is 0 Å². The maximum absolute atomic E-state index is 6.08. The molecule has 2 rings (SSSR count). The van der Waals surface area contributed by atoms with E-state index in [0.29, 0.717) is 11.4 Å². The molecular formula is C14H18N2. The highest BCUT2D eigenvalue weighted by Crippen LogP contribution is 2.35. The largest absolute Gasteiger partial charge is 0.397 e. The van der Waals surface area contributed by atoms with Crippen molar-refractivity contribution in [2.45, 2.75) is 27.7 Å². The number of aryl methyl sites for hydroxylation is 2. The summed E-state index contributed by atoms with van der Waals surface area (Å²) in [4.78, 5) is 0. The highest BCUT2D eigenvalue weighted by Gasteiger charge is 2.12. The van der Waals surface area contributed by atoms with Crippen LogP contribution in [0.5, 0.6) is 0 Å². The van der Waals surface area contributed by atoms with Crippen LogP contribution >= 0.6 is 0 Å². The van der Waals surface area contributed by atoms with Crippen molar-refractivity contribution in [1.82, 2.24) is 0 Å². The van der Waals surface area contributed by atoms with Gasteiger partial charge in [0.2, 0.25) is 0 Å². The summed E-state index contributed by atoms with van der Waals surface area (Å²) >= 11 is 0. The molecule has 0 bridgehead atoms. The van der Waals surface area contributed by atoms with Crippen LogP contribution in [0.3, 0.4) is 0 Å². The SMILES string of the molecule is Cc1c(C)c(C)c2c(N)c(N)ccc2c1C. The fourth-order valence-electron chi connectivity index (χ4n) is 2.30. The lowest BCUT2D eigenvalue weighted by atomic mass is 9.90. The normalized spacial score (nSPS) is 11.0. The van der Waals surface area contributed by atoms with E-state index in [-0.39, 0.29) is 0 Å². The van der Waals surface area contributed by atoms with Crippen LogP contribution < -0.4 is 11.5 Å². The molecule has 2 nitrogen and oxygen atoms in total. The number of anilines is 2. The molecule has 0 spiro atoms. The minimum absolute atomic E-state index is 0.665. The van der Waals surface area contributed by atoms with Crippen LogP contribution in [0.25, 0.3) is 10.8 Å². The van der Waals surface area contributed by atoms with Gasteiger partial charge in [-0.1, -0.05) is 6.07 Å². The van der Waals surface area contributed by atoms with Gasteiger partial charge in [-0.05, 0) is 61.4 Å². The summed E-state index contributed by atoms with van der Waals surface area (Å²) in [6.45, 7) is 8.54. The van der Waals surface area contributed by atoms with E-state index in [9.17, 15) is 0 Å². The number of fused-ring (bicyclic) bond motifs is 1. The number of benzene rings is 2. The number of nitrogens with two attached hydrogens (primary N) is 2. The molecule has 2 heteroatoms. The molecule has 84 valence electrons. The first-order chi connectivity index (χ1) is 7.45. The van der Waals surface area contributed by atoms with Crippen LogP contribution in [0.1, 0.15) is 22.3 Å². The smallest absolute Gasteiger partial charge is 0.0630 e. The quantitative estimate of drug-likeness (QED) is 0.661. The van der Waals surface area contributed by atoms with Gasteiger partial charge in [0.15, 0.2) is 0 Å². The molecule has 0 atom stereocenters. The van der Waals surface area contributed by atoms with Crippen molar-refractivity contribution in [3.63, 3.8) is 0 Å². The molecule has 0 fully saturated rings. The molecule has 0 aliphatic carbocycles. The third-order valence-electron chi connectivity index (χ3n) is 3.75. The zero-order valence-corrected chi connectivity index (χ0v) is 10.3. The summed E-state index contributed by atoms with van der Waals surface area (Å²) in [6.07, 6.45) is 0. The molecule has 2 aromatic rings. The van der Waals surface area contributed by atoms with Gasteiger partial charge in [0.1, 0.15) is 0 Å². The first-order valence-electron chi connectivity index (χ1n) is 5.49. The van der Waals surface area contributed by atoms with E-state index in [0.717, 1.165) is 5.39 Å². The Morgan fingerprint density at radius 2 is 1.31 bits per heavy atom. The third-order valence-corrected chi connectivity index (χ3v) is 3.75. The van der Waals surface area contributed by atoms with Crippen LogP contribution in [0, 0.1) is 27.7 Å². The second-order valence-electron chi connectivity index (χ2n) is 4.49. The molecule has 0 saturated carbocycles. The Balaban J connectivity index is 3.09. The average Bonchev–Trinajstić information content (AvgIpc) is 2.27. The lowest BCUT2D eigenvalue weighted by Gasteiger charge is -2.16. The Hall–Kier alpha value is -1.70. The van der Waals surface area contributed by atoms with Crippen molar-refractivity contribution >= 4 is 22.1 Å². The molecule has 0 aromatic heterocycles. The summed E-state index contributed by atoms with van der Waals surface area (Å²) in [5.74, 6) is 0. The van der Waals surface area contributed by atoms with Crippen molar-refractivity contribution in [3.8, 4) is 0 Å². The van der Waals surface area contributed by atoms with E-state index in [1.165, 1.54) is 27.6 Å². The van der Waals surface area contributed by atoms with E-state index in [1.807, 2.05) is 6.07 Å². The lowest BCUT2D eigenvalue weighted by Crippen LogP contribution is -2.00. The first-order valence-corrected chi connectivity index (χ1v) is 5.49. The Morgan fingerprint density at radius 1 is 0.750 bits per heavy atom. The van der Waals surface area contributed by atoms with Crippen LogP contribution in [0.4, 0.5) is 11.4 Å². The van der Waals surface area contributed by atoms with Crippen molar-refractivity contribution < 1.29 is 0 Å². The molecular weight excluding hydrogens is 196 g/mol. The minimum atomic E-state index is 0.665. The molecule has 0 aliphatic heterocycles. The lowest BCUT2D eigenvalue weighted by molar-refractivity contribution is 1.25. The molecule has 0 aliphatic rings. The maximum Gasteiger partial charge on any atom is 0.0630 e. The minimum Gasteiger partial charge on any atom is -0.397 e. The number of hydrogen-bond donors (Lipinski definition) is 2. The van der Waals surface area contributed by atoms with E-state index in [1.54, 1.807) is 0 Å². The van der Waals surface area contributed by atoms with Crippen LogP contribution in [-0.4, -0.2) is 0 Å². The Morgan fingerprint density at radius 3 is 1.94 bits per heavy atom. The topological polar surface area (TPSA) is 52.0 Å². The maximum atomic E-state index is 6.08. The zero-order valence-electron chi connectivity index (χ0n) is 10.3. The fourth-order valence-corrected chi connectivity index (χ4v) is 2.30. The van der Waals surface area contributed by atoms with Gasteiger partial charge < -0.3 is 11.5 Å². The van der Waals surface area contributed by atoms with E-state index in [4.69, 9.17) is 11.5 Å². The Bertz CT molecular complexity index is 583. The molecule has 4 N–H and O–H groups in total. The van der Waals surface area contributed by atoms with Crippen LogP contribution in [0.2, 0.25) is 0 Å². The monoisotopic (exact) mass is 214 g/mol. The van der Waals surface area contributed by atoms with E-state index in [2.05, 4.69) is 33.8 Å². The molecule has 0 heterocycles. The van der Waals surface area contributed by atoms with Crippen molar-refractivity contribution in [3.05, 3.63) is 34.4 Å². The fraction of sp³-hybridized carbons (Fsp3) is 0.286. The standard InChI is InChI=1S/C14H18N2/c1-7-8(2)10(4)13-11(9(7)3)5-6-12(15)14(13)16/h5-6H,15-16H2,1-4H3. The second kappa shape index (κ2) is 3.41. The van der Waals surface area contributed by atoms with E-state index >= 15 is 0 Å². The predicted molar refractivity (Wildman–Crippen MR) is 71.7 cm³/mol. The summed E-state index contributed by atoms with van der Waals surface area (Å²) in [5, 5.41) is 2.33. The zero-order chi connectivity index (χ0) is 12.0. The van der Waals surface area contributed by atoms with Gasteiger partial charge in [-0.25, -0.2) is 0 Å². The number of rotatable bonds is 0. The predicted octanol–water partition coefficient (Wildman–Crippen LogP) is 3.24. The van der Waals surface area contributed by atoms with Crippen LogP contribution in [-0.2, 0) is 0 Å². The highest BCUT2D eigenvalue weighted by atomic mass is 14.7. The van der Waals surface area contributed by atoms with Crippen molar-refractivity contribution in [2.75, 3.05) is 11.5 Å². The van der Waals surface area contributed by atoms with Gasteiger partial charge in [-0.2, -0.15) is 0 Å². The van der Waals surface area contributed by atoms with Gasteiger partial charge in [0.05, 0.1) is 11.4 Å². The van der Waals surface area contributed by atoms with E-state index < -0.39 is 0 Å². The number of nitrogen functional groups attached to an aromatic ring is 2. The Labute approximate surface area is 96.3 Å². The van der Waals surface area contributed by atoms with Gasteiger partial charge in [-0.15, -0.1) is 0 Å². The Kier molecular flexibility index (Phi) is 2.30. The van der Waals surface area contributed by atoms with Gasteiger partial charge in [0.25, 0.3) is 0 Å². The summed E-state index contributed by atoms with van der Waals surface area (Å²) < 4.78 is 0. The highest BCUT2D eigenvalue weighted by molar-refractivity contribution is 6.03. The third kappa shape index (κ3) is 1.26. The van der Waals surface area contributed by atoms with Crippen molar-refractivity contribution in [2.24, 2.45) is 0 Å². The summed E-state index contributed by atoms with van der Waals surface area (Å²) in [5.41, 5.74) is 18.5. The average molecular weight is 214 g/mol. The van der Waals surface area contributed by atoms with Gasteiger partial charge in [-0.3, -0.25) is 0 Å². The van der Waals surface area contributed by atoms with Crippen molar-refractivity contribution in [1.29, 1.82) is 0 Å². The first kappa shape index (κ1) is 10.8. The molecule has 0 radical (unpaired) electrons. The molecule has 2 aromatic carbocycles. The molecule has 0 unspecified atom stereocenters.